The highest BCUT2D eigenvalue weighted by Gasteiger charge is 2.07. The molecule has 6 heteroatoms. The Bertz CT molecular complexity index is 578. The maximum Gasteiger partial charge on any atom is 0.224 e. The highest BCUT2D eigenvalue weighted by atomic mass is 35.5. The average molecular weight is 301 g/mol. The van der Waals surface area contributed by atoms with Gasteiger partial charge in [-0.1, -0.05) is 41.0 Å². The van der Waals surface area contributed by atoms with Crippen molar-refractivity contribution in [2.75, 3.05) is 6.26 Å². The molecule has 1 aromatic carbocycles. The Balaban J connectivity index is 2.30. The van der Waals surface area contributed by atoms with Crippen LogP contribution in [-0.4, -0.2) is 16.2 Å². The largest absolute Gasteiger partial charge is 0.437 e. The van der Waals surface area contributed by atoms with Gasteiger partial charge in [0.1, 0.15) is 10.9 Å². The van der Waals surface area contributed by atoms with Crippen LogP contribution >= 0.6 is 35.0 Å². The predicted molar refractivity (Wildman–Crippen MR) is 75.1 cm³/mol. The van der Waals surface area contributed by atoms with E-state index in [0.29, 0.717) is 27.0 Å². The minimum Gasteiger partial charge on any atom is -0.437 e. The summed E-state index contributed by atoms with van der Waals surface area (Å²) in [6, 6.07) is 7.10. The first-order valence-electron chi connectivity index (χ1n) is 5.11. The molecule has 0 saturated heterocycles. The van der Waals surface area contributed by atoms with Crippen molar-refractivity contribution in [1.29, 1.82) is 0 Å². The molecule has 2 rings (SSSR count). The van der Waals surface area contributed by atoms with Gasteiger partial charge in [-0.25, -0.2) is 4.98 Å². The molecule has 18 heavy (non-hydrogen) atoms. The molecule has 0 atom stereocenters. The van der Waals surface area contributed by atoms with Gasteiger partial charge in [0, 0.05) is 6.07 Å². The Labute approximate surface area is 120 Å². The van der Waals surface area contributed by atoms with E-state index in [1.165, 1.54) is 11.8 Å². The normalized spacial score (nSPS) is 10.4. The molecule has 0 radical (unpaired) electrons. The molecule has 1 aromatic heterocycles. The number of hydrogen-bond acceptors (Lipinski definition) is 4. The van der Waals surface area contributed by atoms with Crippen molar-refractivity contribution in [3.63, 3.8) is 0 Å². The number of hydrogen-bond donors (Lipinski definition) is 0. The SMILES string of the molecule is CSc1nc(Cl)cc(Oc2ccc(C)cc2Cl)n1. The zero-order chi connectivity index (χ0) is 13.1. The van der Waals surface area contributed by atoms with E-state index in [4.69, 9.17) is 27.9 Å². The minimum absolute atomic E-state index is 0.340. The second-order valence-corrected chi connectivity index (χ2v) is 5.12. The van der Waals surface area contributed by atoms with Gasteiger partial charge >= 0.3 is 0 Å². The monoisotopic (exact) mass is 300 g/mol. The highest BCUT2D eigenvalue weighted by Crippen LogP contribution is 2.30. The minimum atomic E-state index is 0.340. The molecule has 0 aliphatic carbocycles. The molecule has 3 nitrogen and oxygen atoms in total. The summed E-state index contributed by atoms with van der Waals surface area (Å²) in [4.78, 5) is 8.23. The zero-order valence-electron chi connectivity index (χ0n) is 9.78. The van der Waals surface area contributed by atoms with Crippen molar-refractivity contribution in [1.82, 2.24) is 9.97 Å². The fourth-order valence-corrected chi connectivity index (χ4v) is 2.19. The first-order valence-corrected chi connectivity index (χ1v) is 7.09. The third-order valence-corrected chi connectivity index (χ3v) is 3.17. The summed E-state index contributed by atoms with van der Waals surface area (Å²) in [5.41, 5.74) is 1.07. The number of nitrogens with zero attached hydrogens (tertiary/aromatic N) is 2. The van der Waals surface area contributed by atoms with Crippen LogP contribution in [0.4, 0.5) is 0 Å². The molecular weight excluding hydrogens is 291 g/mol. The molecule has 0 amide bonds. The lowest BCUT2D eigenvalue weighted by Crippen LogP contribution is -1.93. The summed E-state index contributed by atoms with van der Waals surface area (Å²) in [6.07, 6.45) is 1.87. The van der Waals surface area contributed by atoms with E-state index in [-0.39, 0.29) is 0 Å². The lowest BCUT2D eigenvalue weighted by molar-refractivity contribution is 0.456. The van der Waals surface area contributed by atoms with Gasteiger partial charge in [-0.05, 0) is 30.9 Å². The van der Waals surface area contributed by atoms with Gasteiger partial charge in [-0.2, -0.15) is 4.98 Å². The fourth-order valence-electron chi connectivity index (χ4n) is 1.32. The van der Waals surface area contributed by atoms with Crippen molar-refractivity contribution in [3.8, 4) is 11.6 Å². The Kier molecular flexibility index (Phi) is 4.32. The number of rotatable bonds is 3. The predicted octanol–water partition coefficient (Wildman–Crippen LogP) is 4.61. The second-order valence-electron chi connectivity index (χ2n) is 3.55. The smallest absolute Gasteiger partial charge is 0.224 e. The van der Waals surface area contributed by atoms with E-state index >= 15 is 0 Å². The van der Waals surface area contributed by atoms with Crippen LogP contribution in [0.15, 0.2) is 29.4 Å². The third-order valence-electron chi connectivity index (χ3n) is 2.14. The summed E-state index contributed by atoms with van der Waals surface area (Å²) < 4.78 is 5.61. The topological polar surface area (TPSA) is 35.0 Å². The molecule has 0 aliphatic rings. The number of aryl methyl sites for hydroxylation is 1. The van der Waals surface area contributed by atoms with Gasteiger partial charge in [0.2, 0.25) is 5.88 Å². The summed E-state index contributed by atoms with van der Waals surface area (Å²) in [7, 11) is 0. The summed E-state index contributed by atoms with van der Waals surface area (Å²) in [5.74, 6) is 0.925. The van der Waals surface area contributed by atoms with Gasteiger partial charge in [-0.15, -0.1) is 0 Å². The third kappa shape index (κ3) is 3.28. The fraction of sp³-hybridized carbons (Fsp3) is 0.167. The van der Waals surface area contributed by atoms with Crippen molar-refractivity contribution in [2.24, 2.45) is 0 Å². The van der Waals surface area contributed by atoms with Crippen molar-refractivity contribution >= 4 is 35.0 Å². The van der Waals surface area contributed by atoms with Crippen LogP contribution in [0, 0.1) is 6.92 Å². The molecule has 0 saturated carbocycles. The second kappa shape index (κ2) is 5.78. The molecule has 0 aliphatic heterocycles. The molecule has 1 heterocycles. The Morgan fingerprint density at radius 3 is 2.61 bits per heavy atom. The Morgan fingerprint density at radius 2 is 1.94 bits per heavy atom. The van der Waals surface area contributed by atoms with Crippen LogP contribution in [0.2, 0.25) is 10.2 Å². The molecule has 0 unspecified atom stereocenters. The van der Waals surface area contributed by atoms with Crippen LogP contribution in [0.5, 0.6) is 11.6 Å². The number of benzene rings is 1. The molecule has 0 bridgehead atoms. The van der Waals surface area contributed by atoms with Crippen LogP contribution in [0.3, 0.4) is 0 Å². The lowest BCUT2D eigenvalue weighted by atomic mass is 10.2. The van der Waals surface area contributed by atoms with Crippen LogP contribution in [0.25, 0.3) is 0 Å². The van der Waals surface area contributed by atoms with E-state index in [1.54, 1.807) is 12.1 Å². The van der Waals surface area contributed by atoms with Gasteiger partial charge < -0.3 is 4.74 Å². The molecule has 0 spiro atoms. The number of thioether (sulfide) groups is 1. The summed E-state index contributed by atoms with van der Waals surface area (Å²) in [6.45, 7) is 1.96. The van der Waals surface area contributed by atoms with Gasteiger partial charge in [0.25, 0.3) is 0 Å². The Morgan fingerprint density at radius 1 is 1.17 bits per heavy atom. The lowest BCUT2D eigenvalue weighted by Gasteiger charge is -2.08. The molecule has 0 fully saturated rings. The van der Waals surface area contributed by atoms with Gasteiger partial charge in [-0.3, -0.25) is 0 Å². The number of ether oxygens (including phenoxy) is 1. The van der Waals surface area contributed by atoms with Crippen LogP contribution in [0.1, 0.15) is 5.56 Å². The first kappa shape index (κ1) is 13.5. The summed E-state index contributed by atoms with van der Waals surface area (Å²) in [5, 5.41) is 1.43. The molecule has 2 aromatic rings. The van der Waals surface area contributed by atoms with E-state index in [0.717, 1.165) is 5.56 Å². The molecule has 0 N–H and O–H groups in total. The molecule has 94 valence electrons. The Hall–Kier alpha value is -0.970. The van der Waals surface area contributed by atoms with E-state index in [9.17, 15) is 0 Å². The number of halogens is 2. The maximum absolute atomic E-state index is 6.09. The van der Waals surface area contributed by atoms with E-state index in [2.05, 4.69) is 9.97 Å². The molecular formula is C12H10Cl2N2OS. The average Bonchev–Trinajstić information content (AvgIpc) is 2.32. The van der Waals surface area contributed by atoms with Gasteiger partial charge in [0.15, 0.2) is 5.16 Å². The van der Waals surface area contributed by atoms with Crippen molar-refractivity contribution in [2.45, 2.75) is 12.1 Å². The van der Waals surface area contributed by atoms with Crippen molar-refractivity contribution < 1.29 is 4.74 Å². The van der Waals surface area contributed by atoms with Crippen molar-refractivity contribution in [3.05, 3.63) is 40.0 Å². The van der Waals surface area contributed by atoms with E-state index < -0.39 is 0 Å². The van der Waals surface area contributed by atoms with E-state index in [1.807, 2.05) is 25.3 Å². The quantitative estimate of drug-likeness (QED) is 0.471. The van der Waals surface area contributed by atoms with Crippen LogP contribution in [-0.2, 0) is 0 Å². The maximum atomic E-state index is 6.09. The number of aromatic nitrogens is 2. The zero-order valence-corrected chi connectivity index (χ0v) is 12.1. The van der Waals surface area contributed by atoms with Gasteiger partial charge in [0.05, 0.1) is 5.02 Å². The van der Waals surface area contributed by atoms with Crippen LogP contribution < -0.4 is 4.74 Å². The first-order chi connectivity index (χ1) is 8.58. The highest BCUT2D eigenvalue weighted by molar-refractivity contribution is 7.98. The summed E-state index contributed by atoms with van der Waals surface area (Å²) >= 11 is 13.4. The standard InChI is InChI=1S/C12H10Cl2N2OS/c1-7-3-4-9(8(13)5-7)17-11-6-10(14)15-12(16-11)18-2/h3-6H,1-2H3.